The monoisotopic (exact) mass is 263 g/mol. The number of aryl methyl sites for hydroxylation is 1. The molecule has 0 saturated carbocycles. The molecule has 0 aliphatic carbocycles. The van der Waals surface area contributed by atoms with E-state index in [0.29, 0.717) is 0 Å². The molecule has 1 saturated heterocycles. The first-order valence-corrected chi connectivity index (χ1v) is 7.11. The highest BCUT2D eigenvalue weighted by atomic mass is 16.5. The van der Waals surface area contributed by atoms with Crippen LogP contribution in [0.2, 0.25) is 0 Å². The minimum atomic E-state index is -0.186. The van der Waals surface area contributed by atoms with Gasteiger partial charge in [0, 0.05) is 19.6 Å². The number of ether oxygens (including phenoxy) is 1. The predicted octanol–water partition coefficient (Wildman–Crippen LogP) is 2.22. The Morgan fingerprint density at radius 1 is 1.26 bits per heavy atom. The highest BCUT2D eigenvalue weighted by molar-refractivity contribution is 5.22. The van der Waals surface area contributed by atoms with Crippen LogP contribution < -0.4 is 0 Å². The Balaban J connectivity index is 2.00. The fraction of sp³-hybridized carbons (Fsp3) is 0.625. The molecule has 1 aliphatic heterocycles. The van der Waals surface area contributed by atoms with Gasteiger partial charge in [0.1, 0.15) is 0 Å². The van der Waals surface area contributed by atoms with E-state index in [2.05, 4.69) is 49.9 Å². The third-order valence-electron chi connectivity index (χ3n) is 3.59. The Morgan fingerprint density at radius 2 is 1.89 bits per heavy atom. The maximum absolute atomic E-state index is 9.32. The molecule has 1 aliphatic rings. The summed E-state index contributed by atoms with van der Waals surface area (Å²) in [6, 6.07) is 8.80. The van der Waals surface area contributed by atoms with Crippen molar-refractivity contribution in [3.63, 3.8) is 0 Å². The Labute approximate surface area is 116 Å². The summed E-state index contributed by atoms with van der Waals surface area (Å²) in [5.74, 6) is 0. The van der Waals surface area contributed by atoms with Crippen LogP contribution in [0.15, 0.2) is 24.3 Å². The van der Waals surface area contributed by atoms with Gasteiger partial charge in [0.25, 0.3) is 0 Å². The summed E-state index contributed by atoms with van der Waals surface area (Å²) in [4.78, 5) is 2.37. The van der Waals surface area contributed by atoms with E-state index in [1.54, 1.807) is 0 Å². The Morgan fingerprint density at radius 3 is 2.47 bits per heavy atom. The summed E-state index contributed by atoms with van der Waals surface area (Å²) in [6.45, 7) is 9.06. The molecular weight excluding hydrogens is 238 g/mol. The van der Waals surface area contributed by atoms with E-state index in [4.69, 9.17) is 4.74 Å². The van der Waals surface area contributed by atoms with Gasteiger partial charge in [-0.2, -0.15) is 0 Å². The SMILES string of the molecule is CCc1ccc(CN2CC(CO)OC(C)(C)C2)cc1. The highest BCUT2D eigenvalue weighted by Gasteiger charge is 2.32. The van der Waals surface area contributed by atoms with Gasteiger partial charge in [0.15, 0.2) is 0 Å². The zero-order valence-corrected chi connectivity index (χ0v) is 12.2. The average Bonchev–Trinajstić information content (AvgIpc) is 2.37. The van der Waals surface area contributed by atoms with Crippen molar-refractivity contribution >= 4 is 0 Å². The molecule has 3 heteroatoms. The van der Waals surface area contributed by atoms with Crippen LogP contribution >= 0.6 is 0 Å². The van der Waals surface area contributed by atoms with Crippen molar-refractivity contribution in [2.75, 3.05) is 19.7 Å². The number of nitrogens with zero attached hydrogens (tertiary/aromatic N) is 1. The van der Waals surface area contributed by atoms with Crippen LogP contribution in [0, 0.1) is 0 Å². The highest BCUT2D eigenvalue weighted by Crippen LogP contribution is 2.22. The van der Waals surface area contributed by atoms with Crippen molar-refractivity contribution in [2.24, 2.45) is 0 Å². The first kappa shape index (κ1) is 14.5. The van der Waals surface area contributed by atoms with Gasteiger partial charge in [-0.1, -0.05) is 31.2 Å². The van der Waals surface area contributed by atoms with Crippen LogP contribution in [0.1, 0.15) is 31.9 Å². The number of benzene rings is 1. The normalized spacial score (nSPS) is 23.5. The third-order valence-corrected chi connectivity index (χ3v) is 3.59. The van der Waals surface area contributed by atoms with Crippen molar-refractivity contribution in [2.45, 2.75) is 45.4 Å². The summed E-state index contributed by atoms with van der Waals surface area (Å²) in [6.07, 6.45) is 1.01. The van der Waals surface area contributed by atoms with Crippen LogP contribution in [0.25, 0.3) is 0 Å². The fourth-order valence-corrected chi connectivity index (χ4v) is 2.77. The molecule has 1 aromatic rings. The molecule has 0 amide bonds. The topological polar surface area (TPSA) is 32.7 Å². The van der Waals surface area contributed by atoms with Crippen molar-refractivity contribution in [1.29, 1.82) is 0 Å². The lowest BCUT2D eigenvalue weighted by Gasteiger charge is -2.42. The number of hydrogen-bond acceptors (Lipinski definition) is 3. The second-order valence-corrected chi connectivity index (χ2v) is 6.02. The maximum atomic E-state index is 9.32. The predicted molar refractivity (Wildman–Crippen MR) is 77.1 cm³/mol. The second-order valence-electron chi connectivity index (χ2n) is 6.02. The molecule has 1 heterocycles. The minimum absolute atomic E-state index is 0.0707. The van der Waals surface area contributed by atoms with E-state index < -0.39 is 0 Å². The van der Waals surface area contributed by atoms with Crippen LogP contribution in [-0.2, 0) is 17.7 Å². The standard InChI is InChI=1S/C16H25NO2/c1-4-13-5-7-14(8-6-13)9-17-10-15(11-18)19-16(2,3)12-17/h5-8,15,18H,4,9-12H2,1-3H3. The molecule has 19 heavy (non-hydrogen) atoms. The molecular formula is C16H25NO2. The van der Waals surface area contributed by atoms with Crippen molar-refractivity contribution in [3.8, 4) is 0 Å². The maximum Gasteiger partial charge on any atom is 0.0940 e. The van der Waals surface area contributed by atoms with E-state index >= 15 is 0 Å². The summed E-state index contributed by atoms with van der Waals surface area (Å²) in [7, 11) is 0. The largest absolute Gasteiger partial charge is 0.394 e. The Kier molecular flexibility index (Phi) is 4.61. The van der Waals surface area contributed by atoms with Crippen LogP contribution in [0.3, 0.4) is 0 Å². The van der Waals surface area contributed by atoms with Gasteiger partial charge in [0.2, 0.25) is 0 Å². The zero-order chi connectivity index (χ0) is 13.9. The Hall–Kier alpha value is -0.900. The van der Waals surface area contributed by atoms with E-state index in [-0.39, 0.29) is 18.3 Å². The molecule has 0 aromatic heterocycles. The lowest BCUT2D eigenvalue weighted by atomic mass is 10.0. The molecule has 1 fully saturated rings. The molecule has 3 nitrogen and oxygen atoms in total. The first-order valence-electron chi connectivity index (χ1n) is 7.11. The molecule has 2 rings (SSSR count). The van der Waals surface area contributed by atoms with Gasteiger partial charge < -0.3 is 9.84 Å². The second kappa shape index (κ2) is 6.04. The van der Waals surface area contributed by atoms with Gasteiger partial charge in [-0.05, 0) is 31.4 Å². The third kappa shape index (κ3) is 4.03. The quantitative estimate of drug-likeness (QED) is 0.904. The van der Waals surface area contributed by atoms with E-state index in [1.807, 2.05) is 0 Å². The number of morpholine rings is 1. The summed E-state index contributed by atoms with van der Waals surface area (Å²) in [5.41, 5.74) is 2.51. The molecule has 0 spiro atoms. The van der Waals surface area contributed by atoms with Gasteiger partial charge in [-0.3, -0.25) is 4.90 Å². The molecule has 1 unspecified atom stereocenters. The summed E-state index contributed by atoms with van der Waals surface area (Å²) < 4.78 is 5.84. The number of rotatable bonds is 4. The fourth-order valence-electron chi connectivity index (χ4n) is 2.77. The minimum Gasteiger partial charge on any atom is -0.394 e. The van der Waals surface area contributed by atoms with Crippen LogP contribution in [-0.4, -0.2) is 41.4 Å². The number of aliphatic hydroxyl groups is 1. The average molecular weight is 263 g/mol. The number of aliphatic hydroxyl groups excluding tert-OH is 1. The Bertz CT molecular complexity index is 400. The van der Waals surface area contributed by atoms with Crippen molar-refractivity contribution in [1.82, 2.24) is 4.90 Å². The smallest absolute Gasteiger partial charge is 0.0940 e. The molecule has 0 bridgehead atoms. The molecule has 1 atom stereocenters. The lowest BCUT2D eigenvalue weighted by molar-refractivity contribution is -0.150. The lowest BCUT2D eigenvalue weighted by Crippen LogP contribution is -2.53. The molecule has 1 N–H and O–H groups in total. The van der Waals surface area contributed by atoms with Gasteiger partial charge in [0.05, 0.1) is 18.3 Å². The van der Waals surface area contributed by atoms with E-state index in [1.165, 1.54) is 11.1 Å². The molecule has 0 radical (unpaired) electrons. The van der Waals surface area contributed by atoms with Crippen LogP contribution in [0.5, 0.6) is 0 Å². The van der Waals surface area contributed by atoms with Crippen molar-refractivity contribution < 1.29 is 9.84 Å². The van der Waals surface area contributed by atoms with Gasteiger partial charge in [-0.25, -0.2) is 0 Å². The van der Waals surface area contributed by atoms with E-state index in [9.17, 15) is 5.11 Å². The number of hydrogen-bond donors (Lipinski definition) is 1. The van der Waals surface area contributed by atoms with Crippen LogP contribution in [0.4, 0.5) is 0 Å². The van der Waals surface area contributed by atoms with Gasteiger partial charge in [-0.15, -0.1) is 0 Å². The van der Waals surface area contributed by atoms with Crippen molar-refractivity contribution in [3.05, 3.63) is 35.4 Å². The first-order chi connectivity index (χ1) is 9.02. The molecule has 106 valence electrons. The van der Waals surface area contributed by atoms with Gasteiger partial charge >= 0.3 is 0 Å². The summed E-state index contributed by atoms with van der Waals surface area (Å²) >= 11 is 0. The summed E-state index contributed by atoms with van der Waals surface area (Å²) in [5, 5.41) is 9.32. The zero-order valence-electron chi connectivity index (χ0n) is 12.2. The van der Waals surface area contributed by atoms with E-state index in [0.717, 1.165) is 26.1 Å². The molecule has 1 aromatic carbocycles.